The van der Waals surface area contributed by atoms with Crippen molar-refractivity contribution in [1.82, 2.24) is 9.13 Å². The number of aryl methyl sites for hydroxylation is 4. The van der Waals surface area contributed by atoms with Gasteiger partial charge in [0.15, 0.2) is 23.3 Å². The minimum absolute atomic E-state index is 0.366. The molecule has 0 fully saturated rings. The van der Waals surface area contributed by atoms with Gasteiger partial charge in [-0.3, -0.25) is 0 Å². The van der Waals surface area contributed by atoms with Gasteiger partial charge in [0.2, 0.25) is 5.82 Å². The van der Waals surface area contributed by atoms with Gasteiger partial charge >= 0.3 is 6.18 Å². The molecule has 0 atom stereocenters. The van der Waals surface area contributed by atoms with E-state index in [0.717, 1.165) is 22.3 Å². The van der Waals surface area contributed by atoms with Crippen molar-refractivity contribution >= 4 is 43.6 Å². The first kappa shape index (κ1) is 32.6. The van der Waals surface area contributed by atoms with Gasteiger partial charge in [0.1, 0.15) is 0 Å². The van der Waals surface area contributed by atoms with E-state index in [1.807, 2.05) is 52.0 Å². The molecule has 0 bridgehead atoms. The first-order chi connectivity index (χ1) is 24.1. The van der Waals surface area contributed by atoms with Crippen LogP contribution in [0.25, 0.3) is 66.1 Å². The summed E-state index contributed by atoms with van der Waals surface area (Å²) in [4.78, 5) is 0. The molecular formula is C41H26F8N2. The van der Waals surface area contributed by atoms with Crippen LogP contribution in [0, 0.1) is 56.8 Å². The Morgan fingerprint density at radius 2 is 0.686 bits per heavy atom. The first-order valence-electron chi connectivity index (χ1n) is 16.0. The van der Waals surface area contributed by atoms with Gasteiger partial charge in [0.05, 0.1) is 44.6 Å². The lowest BCUT2D eigenvalue weighted by Crippen LogP contribution is -2.13. The number of benzene rings is 6. The summed E-state index contributed by atoms with van der Waals surface area (Å²) < 4.78 is 125. The van der Waals surface area contributed by atoms with Crippen molar-refractivity contribution in [3.8, 4) is 22.5 Å². The molecule has 0 aliphatic rings. The number of aromatic nitrogens is 2. The van der Waals surface area contributed by atoms with Crippen molar-refractivity contribution in [2.75, 3.05) is 0 Å². The highest BCUT2D eigenvalue weighted by Gasteiger charge is 2.37. The average Bonchev–Trinajstić information content (AvgIpc) is 3.57. The van der Waals surface area contributed by atoms with E-state index in [-0.39, 0.29) is 0 Å². The smallest absolute Gasteiger partial charge is 0.309 e. The Morgan fingerprint density at radius 1 is 0.392 bits per heavy atom. The van der Waals surface area contributed by atoms with Crippen LogP contribution in [0.5, 0.6) is 0 Å². The lowest BCUT2D eigenvalue weighted by molar-refractivity contribution is -0.137. The van der Waals surface area contributed by atoms with Gasteiger partial charge < -0.3 is 9.13 Å². The van der Waals surface area contributed by atoms with Crippen molar-refractivity contribution in [2.45, 2.75) is 33.9 Å². The second-order valence-corrected chi connectivity index (χ2v) is 13.1. The molecule has 0 amide bonds. The molecule has 8 rings (SSSR count). The Labute approximate surface area is 285 Å². The molecule has 0 saturated heterocycles. The predicted octanol–water partition coefficient (Wildman–Crippen LogP) is 12.5. The third kappa shape index (κ3) is 4.83. The predicted molar refractivity (Wildman–Crippen MR) is 184 cm³/mol. The number of rotatable bonds is 3. The van der Waals surface area contributed by atoms with Crippen LogP contribution in [0.3, 0.4) is 0 Å². The summed E-state index contributed by atoms with van der Waals surface area (Å²) in [6, 6.07) is 22.3. The van der Waals surface area contributed by atoms with Crippen molar-refractivity contribution in [2.24, 2.45) is 0 Å². The Hall–Kier alpha value is -5.64. The monoisotopic (exact) mass is 698 g/mol. The fourth-order valence-corrected chi connectivity index (χ4v) is 7.23. The Bertz CT molecular complexity index is 2490. The summed E-state index contributed by atoms with van der Waals surface area (Å²) in [7, 11) is 0. The number of fused-ring (bicyclic) bond motifs is 6. The van der Waals surface area contributed by atoms with Crippen LogP contribution < -0.4 is 0 Å². The van der Waals surface area contributed by atoms with Crippen molar-refractivity contribution < 1.29 is 35.1 Å². The number of halogens is 8. The van der Waals surface area contributed by atoms with E-state index < -0.39 is 63.3 Å². The minimum Gasteiger partial charge on any atom is -0.309 e. The summed E-state index contributed by atoms with van der Waals surface area (Å²) >= 11 is 0. The van der Waals surface area contributed by atoms with E-state index >= 15 is 30.7 Å². The van der Waals surface area contributed by atoms with Gasteiger partial charge in [-0.25, -0.2) is 22.0 Å². The molecule has 256 valence electrons. The number of hydrogen-bond donors (Lipinski definition) is 0. The maximum Gasteiger partial charge on any atom is 0.416 e. The van der Waals surface area contributed by atoms with Crippen LogP contribution >= 0.6 is 0 Å². The highest BCUT2D eigenvalue weighted by atomic mass is 19.4. The van der Waals surface area contributed by atoms with E-state index in [1.54, 1.807) is 48.5 Å². The van der Waals surface area contributed by atoms with Crippen LogP contribution in [0.15, 0.2) is 84.9 Å². The topological polar surface area (TPSA) is 9.86 Å². The molecule has 0 aliphatic carbocycles. The normalized spacial score (nSPS) is 12.3. The lowest BCUT2D eigenvalue weighted by atomic mass is 9.96. The molecule has 2 heterocycles. The molecule has 8 aromatic rings. The third-order valence-corrected chi connectivity index (χ3v) is 9.52. The number of alkyl halides is 3. The van der Waals surface area contributed by atoms with Gasteiger partial charge in [0.25, 0.3) is 0 Å². The molecule has 0 saturated carbocycles. The van der Waals surface area contributed by atoms with E-state index in [9.17, 15) is 4.39 Å². The average molecular weight is 699 g/mol. The minimum atomic E-state index is -4.99. The van der Waals surface area contributed by atoms with E-state index in [1.165, 1.54) is 9.13 Å². The fraction of sp³-hybridized carbons (Fsp3) is 0.122. The second kappa shape index (κ2) is 11.2. The summed E-state index contributed by atoms with van der Waals surface area (Å²) in [6.45, 7) is 7.36. The molecule has 0 aliphatic heterocycles. The van der Waals surface area contributed by atoms with Gasteiger partial charge in [-0.2, -0.15) is 13.2 Å². The maximum absolute atomic E-state index is 16.2. The standard InChI is InChI=1S/C41H26F8N2/c1-19-5-9-28-24(13-19)25-14-20(2)6-10-29(25)50(28)32-17-23(41(47,48)49)18-33(34(32)35-36(42)38(44)40(46)39(45)37(35)43)51-30-11-7-21(3)15-26(30)27-16-22(4)8-12-31(27)51/h5-18H,1-4H3. The zero-order valence-corrected chi connectivity index (χ0v) is 27.5. The molecule has 6 aromatic carbocycles. The lowest BCUT2D eigenvalue weighted by Gasteiger charge is -2.23. The van der Waals surface area contributed by atoms with Crippen LogP contribution in [0.2, 0.25) is 0 Å². The summed E-state index contributed by atoms with van der Waals surface area (Å²) in [5.74, 6) is -11.2. The van der Waals surface area contributed by atoms with Crippen molar-refractivity contribution in [3.63, 3.8) is 0 Å². The molecule has 0 unspecified atom stereocenters. The van der Waals surface area contributed by atoms with Gasteiger partial charge in [-0.05, 0) is 88.4 Å². The summed E-state index contributed by atoms with van der Waals surface area (Å²) in [6.07, 6.45) is -4.99. The molecule has 0 radical (unpaired) electrons. The summed E-state index contributed by atoms with van der Waals surface area (Å²) in [5.41, 5.74) is 0.799. The first-order valence-corrected chi connectivity index (χ1v) is 16.0. The zero-order valence-electron chi connectivity index (χ0n) is 27.5. The van der Waals surface area contributed by atoms with Crippen molar-refractivity contribution in [1.29, 1.82) is 0 Å². The largest absolute Gasteiger partial charge is 0.416 e. The van der Waals surface area contributed by atoms with E-state index in [2.05, 4.69) is 0 Å². The van der Waals surface area contributed by atoms with Crippen LogP contribution in [-0.4, -0.2) is 9.13 Å². The Morgan fingerprint density at radius 3 is 0.980 bits per heavy atom. The van der Waals surface area contributed by atoms with Crippen LogP contribution in [0.1, 0.15) is 27.8 Å². The van der Waals surface area contributed by atoms with Crippen molar-refractivity contribution in [3.05, 3.63) is 142 Å². The Balaban J connectivity index is 1.68. The van der Waals surface area contributed by atoms with Gasteiger partial charge in [-0.15, -0.1) is 0 Å². The molecule has 2 nitrogen and oxygen atoms in total. The quantitative estimate of drug-likeness (QED) is 0.0988. The SMILES string of the molecule is Cc1ccc2c(c1)c1cc(C)ccc1n2-c1cc(C(F)(F)F)cc(-n2c3ccc(C)cc3c3cc(C)ccc32)c1-c1c(F)c(F)c(F)c(F)c1F. The Kier molecular flexibility index (Phi) is 7.14. The zero-order chi connectivity index (χ0) is 36.3. The van der Waals surface area contributed by atoms with Crippen LogP contribution in [0.4, 0.5) is 35.1 Å². The number of nitrogens with zero attached hydrogens (tertiary/aromatic N) is 2. The third-order valence-electron chi connectivity index (χ3n) is 9.52. The molecule has 0 N–H and O–H groups in total. The van der Waals surface area contributed by atoms with Crippen LogP contribution in [-0.2, 0) is 6.18 Å². The molecular weight excluding hydrogens is 672 g/mol. The molecule has 10 heteroatoms. The summed E-state index contributed by atoms with van der Waals surface area (Å²) in [5, 5.41) is 2.50. The van der Waals surface area contributed by atoms with E-state index in [4.69, 9.17) is 0 Å². The molecule has 2 aromatic heterocycles. The fourth-order valence-electron chi connectivity index (χ4n) is 7.23. The van der Waals surface area contributed by atoms with Gasteiger partial charge in [0, 0.05) is 27.1 Å². The maximum atomic E-state index is 16.2. The highest BCUT2D eigenvalue weighted by Crippen LogP contribution is 2.47. The van der Waals surface area contributed by atoms with E-state index in [0.29, 0.717) is 55.7 Å². The molecule has 51 heavy (non-hydrogen) atoms. The molecule has 0 spiro atoms. The second-order valence-electron chi connectivity index (χ2n) is 13.1. The number of hydrogen-bond acceptors (Lipinski definition) is 0. The highest BCUT2D eigenvalue weighted by molar-refractivity contribution is 6.12. The van der Waals surface area contributed by atoms with Gasteiger partial charge in [-0.1, -0.05) is 46.5 Å².